The average molecular weight is 1300 g/mol. The number of nitrogens with zero attached hydrogens (tertiary/aromatic N) is 3. The number of hydrogen-bond acceptors (Lipinski definition) is 20. The lowest BCUT2D eigenvalue weighted by Gasteiger charge is -2.19. The van der Waals surface area contributed by atoms with Crippen molar-refractivity contribution in [1.82, 2.24) is 36.3 Å². The standard InChI is InChI=1S/C65H121N7O19/c1-4-6-8-9-10-11-12-13-14-15-16-17-18-23-62(75)69-60(65(78)79)25-27-61(74)66-29-20-19-22-59(68-63(76)26-24-58-56-72(71-70-58)31-21-7-5-2)64(77)67-30-33-81-35-37-83-39-41-85-43-45-87-47-49-89-51-53-91-55-54-90-52-50-88-48-46-86-44-42-84-40-38-82-36-34-80-32-28-57(3)73/h56,59-60H,4-55H2,1-3H3,(H,66,74)(H,67,77)(H,68,76)(H,69,75)(H,78,79)/t59-,60-/m0/s1. The molecule has 1 aromatic rings. The fourth-order valence-corrected chi connectivity index (χ4v) is 8.86. The second kappa shape index (κ2) is 65.7. The number of hydrogen-bond donors (Lipinski definition) is 5. The predicted molar refractivity (Wildman–Crippen MR) is 344 cm³/mol. The van der Waals surface area contributed by atoms with Gasteiger partial charge in [0.1, 0.15) is 17.9 Å². The molecule has 4 amide bonds. The summed E-state index contributed by atoms with van der Waals surface area (Å²) in [6.45, 7) is 17.5. The van der Waals surface area contributed by atoms with Crippen LogP contribution in [0.2, 0.25) is 0 Å². The van der Waals surface area contributed by atoms with Crippen molar-refractivity contribution in [2.45, 2.75) is 200 Å². The number of aliphatic carboxylic acids is 1. The van der Waals surface area contributed by atoms with E-state index in [2.05, 4.69) is 45.4 Å². The van der Waals surface area contributed by atoms with E-state index in [1.165, 1.54) is 57.8 Å². The first-order valence-electron chi connectivity index (χ1n) is 34.2. The van der Waals surface area contributed by atoms with Crippen molar-refractivity contribution < 1.29 is 90.7 Å². The van der Waals surface area contributed by atoms with Crippen LogP contribution < -0.4 is 21.3 Å². The summed E-state index contributed by atoms with van der Waals surface area (Å²) < 4.78 is 67.8. The highest BCUT2D eigenvalue weighted by atomic mass is 16.6. The van der Waals surface area contributed by atoms with Crippen LogP contribution in [0.4, 0.5) is 0 Å². The molecule has 0 spiro atoms. The van der Waals surface area contributed by atoms with Gasteiger partial charge in [0.15, 0.2) is 0 Å². The molecule has 0 unspecified atom stereocenters. The number of aromatic nitrogens is 3. The SMILES string of the molecule is CCCCCCCCCCCCCCCC(=O)N[C@@H](CCC(=O)NCCCC[C@H](NC(=O)CCc1cn(CCCCC)nn1)C(=O)NCCOCCOCCOCCOCCOCCOCCOCCOCCOCCOCCOCCOCCC(C)=O)C(=O)O. The molecule has 91 heavy (non-hydrogen) atoms. The second-order valence-corrected chi connectivity index (χ2v) is 22.2. The molecule has 1 heterocycles. The highest BCUT2D eigenvalue weighted by Crippen LogP contribution is 2.14. The molecule has 1 aromatic heterocycles. The summed E-state index contributed by atoms with van der Waals surface area (Å²) in [4.78, 5) is 74.5. The highest BCUT2D eigenvalue weighted by Gasteiger charge is 2.22. The van der Waals surface area contributed by atoms with Gasteiger partial charge < -0.3 is 83.2 Å². The van der Waals surface area contributed by atoms with Gasteiger partial charge in [-0.1, -0.05) is 109 Å². The smallest absolute Gasteiger partial charge is 0.326 e. The fraction of sp³-hybridized carbons (Fsp3) is 0.877. The Balaban J connectivity index is 2.15. The van der Waals surface area contributed by atoms with Crippen LogP contribution in [0.25, 0.3) is 0 Å². The molecular formula is C65H121N7O19. The van der Waals surface area contributed by atoms with Crippen LogP contribution >= 0.6 is 0 Å². The van der Waals surface area contributed by atoms with E-state index in [4.69, 9.17) is 56.8 Å². The first-order chi connectivity index (χ1) is 44.5. The van der Waals surface area contributed by atoms with E-state index in [1.807, 2.05) is 6.20 Å². The average Bonchev–Trinajstić information content (AvgIpc) is 4.25. The summed E-state index contributed by atoms with van der Waals surface area (Å²) in [5.41, 5.74) is 0.695. The van der Waals surface area contributed by atoms with Crippen molar-refractivity contribution >= 4 is 35.4 Å². The maximum Gasteiger partial charge on any atom is 0.326 e. The quantitative estimate of drug-likeness (QED) is 0.0447. The molecule has 5 N–H and O–H groups in total. The number of carbonyl (C=O) groups is 6. The normalized spacial score (nSPS) is 12.1. The lowest BCUT2D eigenvalue weighted by Crippen LogP contribution is -2.47. The maximum absolute atomic E-state index is 13.4. The van der Waals surface area contributed by atoms with Gasteiger partial charge in [-0.2, -0.15) is 0 Å². The minimum Gasteiger partial charge on any atom is -0.480 e. The van der Waals surface area contributed by atoms with Crippen molar-refractivity contribution in [1.29, 1.82) is 0 Å². The Morgan fingerprint density at radius 2 is 0.802 bits per heavy atom. The second-order valence-electron chi connectivity index (χ2n) is 22.2. The van der Waals surface area contributed by atoms with Crippen LogP contribution in [0.5, 0.6) is 0 Å². The van der Waals surface area contributed by atoms with Crippen LogP contribution in [0, 0.1) is 0 Å². The molecule has 0 aliphatic heterocycles. The van der Waals surface area contributed by atoms with E-state index in [-0.39, 0.29) is 68.2 Å². The van der Waals surface area contributed by atoms with Gasteiger partial charge in [-0.3, -0.25) is 28.7 Å². The number of Topliss-reactive ketones (excluding diaryl/α,β-unsaturated/α-hetero) is 1. The summed E-state index contributed by atoms with van der Waals surface area (Å²) >= 11 is 0. The number of nitrogens with one attached hydrogen (secondary N) is 4. The molecule has 0 fully saturated rings. The molecule has 0 saturated carbocycles. The van der Waals surface area contributed by atoms with Crippen LogP contribution in [0.15, 0.2) is 6.20 Å². The zero-order valence-electron chi connectivity index (χ0n) is 56.1. The number of carbonyl (C=O) groups excluding carboxylic acids is 5. The van der Waals surface area contributed by atoms with Crippen molar-refractivity contribution in [2.75, 3.05) is 172 Å². The Bertz CT molecular complexity index is 1870. The first kappa shape index (κ1) is 84.7. The van der Waals surface area contributed by atoms with Crippen LogP contribution in [-0.4, -0.2) is 239 Å². The molecule has 2 atom stereocenters. The summed E-state index contributed by atoms with van der Waals surface area (Å²) in [7, 11) is 0. The van der Waals surface area contributed by atoms with E-state index in [1.54, 1.807) is 11.6 Å². The van der Waals surface area contributed by atoms with E-state index in [9.17, 15) is 33.9 Å². The largest absolute Gasteiger partial charge is 0.480 e. The maximum atomic E-state index is 13.4. The number of carboxylic acid groups (broad SMARTS) is 1. The highest BCUT2D eigenvalue weighted by molar-refractivity contribution is 5.87. The first-order valence-corrected chi connectivity index (χ1v) is 34.2. The predicted octanol–water partition coefficient (Wildman–Crippen LogP) is 6.30. The van der Waals surface area contributed by atoms with E-state index >= 15 is 0 Å². The minimum atomic E-state index is -1.18. The third-order valence-corrected chi connectivity index (χ3v) is 14.1. The summed E-state index contributed by atoms with van der Waals surface area (Å²) in [6, 6.07) is -1.98. The Labute approximate surface area is 544 Å². The van der Waals surface area contributed by atoms with Gasteiger partial charge in [0.2, 0.25) is 23.6 Å². The molecule has 0 aliphatic carbocycles. The third-order valence-electron chi connectivity index (χ3n) is 14.1. The van der Waals surface area contributed by atoms with Crippen LogP contribution in [0.3, 0.4) is 0 Å². The molecule has 0 bridgehead atoms. The van der Waals surface area contributed by atoms with Crippen molar-refractivity contribution in [3.63, 3.8) is 0 Å². The lowest BCUT2D eigenvalue weighted by molar-refractivity contribution is -0.142. The summed E-state index contributed by atoms with van der Waals surface area (Å²) in [5.74, 6) is -2.38. The number of carboxylic acids is 1. The van der Waals surface area contributed by atoms with Crippen LogP contribution in [0.1, 0.15) is 181 Å². The van der Waals surface area contributed by atoms with E-state index < -0.39 is 18.1 Å². The van der Waals surface area contributed by atoms with Gasteiger partial charge >= 0.3 is 5.97 Å². The minimum absolute atomic E-state index is 0.0328. The number of ketones is 1. The van der Waals surface area contributed by atoms with Gasteiger partial charge in [0.05, 0.1) is 164 Å². The van der Waals surface area contributed by atoms with Gasteiger partial charge in [0.25, 0.3) is 0 Å². The van der Waals surface area contributed by atoms with E-state index in [0.29, 0.717) is 203 Å². The number of aryl methyl sites for hydroxylation is 2. The zero-order chi connectivity index (χ0) is 66.0. The molecule has 1 rings (SSSR count). The Kier molecular flexibility index (Phi) is 61.2. The topological polar surface area (TPSA) is 312 Å². The van der Waals surface area contributed by atoms with E-state index in [0.717, 1.165) is 45.1 Å². The van der Waals surface area contributed by atoms with Gasteiger partial charge in [-0.05, 0) is 45.4 Å². The number of amides is 4. The van der Waals surface area contributed by atoms with Gasteiger partial charge in [-0.15, -0.1) is 5.10 Å². The molecule has 0 saturated heterocycles. The Morgan fingerprint density at radius 3 is 1.24 bits per heavy atom. The Morgan fingerprint density at radius 1 is 0.407 bits per heavy atom. The summed E-state index contributed by atoms with van der Waals surface area (Å²) in [6.07, 6.45) is 22.9. The molecule has 26 nitrogen and oxygen atoms in total. The van der Waals surface area contributed by atoms with Crippen LogP contribution in [-0.2, 0) is 98.6 Å². The lowest BCUT2D eigenvalue weighted by atomic mass is 10.0. The molecule has 530 valence electrons. The van der Waals surface area contributed by atoms with Crippen molar-refractivity contribution in [3.05, 3.63) is 11.9 Å². The van der Waals surface area contributed by atoms with Gasteiger partial charge in [0, 0.05) is 57.9 Å². The monoisotopic (exact) mass is 1300 g/mol. The number of ether oxygens (including phenoxy) is 12. The van der Waals surface area contributed by atoms with Crippen molar-refractivity contribution in [3.8, 4) is 0 Å². The molecular weight excluding hydrogens is 1180 g/mol. The Hall–Kier alpha value is -4.32. The third kappa shape index (κ3) is 59.2. The fourth-order valence-electron chi connectivity index (χ4n) is 8.86. The molecule has 0 aliphatic rings. The number of rotatable bonds is 72. The summed E-state index contributed by atoms with van der Waals surface area (Å²) in [5, 5.41) is 29.2. The number of unbranched alkanes of at least 4 members (excludes halogenated alkanes) is 15. The zero-order valence-corrected chi connectivity index (χ0v) is 56.1. The van der Waals surface area contributed by atoms with Gasteiger partial charge in [-0.25, -0.2) is 4.79 Å². The molecule has 0 radical (unpaired) electrons. The van der Waals surface area contributed by atoms with Crippen molar-refractivity contribution in [2.24, 2.45) is 0 Å². The molecule has 26 heteroatoms. The molecule has 0 aromatic carbocycles.